The fourth-order valence-corrected chi connectivity index (χ4v) is 2.59. The highest BCUT2D eigenvalue weighted by Gasteiger charge is 2.14. The molecule has 0 radical (unpaired) electrons. The summed E-state index contributed by atoms with van der Waals surface area (Å²) in [5.41, 5.74) is 2.23. The lowest BCUT2D eigenvalue weighted by atomic mass is 10.1. The number of piperidine rings is 1. The van der Waals surface area contributed by atoms with Gasteiger partial charge < -0.3 is 14.9 Å². The second-order valence-electron chi connectivity index (χ2n) is 5.53. The molecular formula is C16H22N2O3. The van der Waals surface area contributed by atoms with Gasteiger partial charge in [-0.05, 0) is 37.0 Å². The molecule has 0 spiro atoms. The van der Waals surface area contributed by atoms with Gasteiger partial charge in [0.2, 0.25) is 5.91 Å². The van der Waals surface area contributed by atoms with E-state index in [1.54, 1.807) is 7.05 Å². The zero-order valence-corrected chi connectivity index (χ0v) is 12.4. The Morgan fingerprint density at radius 3 is 2.33 bits per heavy atom. The number of carboxylic acid groups (broad SMARTS) is 1. The minimum absolute atomic E-state index is 0.373. The quantitative estimate of drug-likeness (QED) is 0.844. The molecule has 1 heterocycles. The summed E-state index contributed by atoms with van der Waals surface area (Å²) in [6, 6.07) is 8.18. The monoisotopic (exact) mass is 290 g/mol. The third kappa shape index (κ3) is 4.48. The van der Waals surface area contributed by atoms with Crippen LogP contribution in [0.3, 0.4) is 0 Å². The van der Waals surface area contributed by atoms with Crippen molar-refractivity contribution in [1.29, 1.82) is 0 Å². The molecule has 1 aliphatic heterocycles. The van der Waals surface area contributed by atoms with E-state index in [9.17, 15) is 9.59 Å². The van der Waals surface area contributed by atoms with Crippen molar-refractivity contribution in [2.75, 3.05) is 25.0 Å². The van der Waals surface area contributed by atoms with E-state index in [0.717, 1.165) is 18.7 Å². The zero-order valence-electron chi connectivity index (χ0n) is 12.4. The van der Waals surface area contributed by atoms with Gasteiger partial charge in [-0.2, -0.15) is 0 Å². The summed E-state index contributed by atoms with van der Waals surface area (Å²) in [4.78, 5) is 26.0. The maximum atomic E-state index is 11.6. The number of nitrogens with zero attached hydrogens (tertiary/aromatic N) is 2. The molecule has 0 bridgehead atoms. The van der Waals surface area contributed by atoms with E-state index in [-0.39, 0.29) is 5.91 Å². The number of carbonyl (C=O) groups excluding carboxylic acids is 1. The van der Waals surface area contributed by atoms with Crippen molar-refractivity contribution < 1.29 is 14.7 Å². The first-order valence-electron chi connectivity index (χ1n) is 7.36. The zero-order chi connectivity index (χ0) is 15.2. The fraction of sp³-hybridized carbons (Fsp3) is 0.500. The number of carbonyl (C=O) groups is 2. The normalized spacial score (nSPS) is 14.8. The summed E-state index contributed by atoms with van der Waals surface area (Å²) in [7, 11) is 1.63. The molecule has 1 aromatic carbocycles. The molecule has 0 unspecified atom stereocenters. The van der Waals surface area contributed by atoms with Crippen LogP contribution >= 0.6 is 0 Å². The topological polar surface area (TPSA) is 60.9 Å². The van der Waals surface area contributed by atoms with Gasteiger partial charge in [0.25, 0.3) is 0 Å². The van der Waals surface area contributed by atoms with Crippen LogP contribution in [0.5, 0.6) is 0 Å². The maximum absolute atomic E-state index is 11.6. The molecule has 0 saturated carbocycles. The van der Waals surface area contributed by atoms with Crippen LogP contribution in [0.4, 0.5) is 5.69 Å². The Bertz CT molecular complexity index is 493. The van der Waals surface area contributed by atoms with Gasteiger partial charge in [0.05, 0.1) is 0 Å². The minimum atomic E-state index is -1.09. The molecule has 1 aliphatic rings. The van der Waals surface area contributed by atoms with Crippen LogP contribution in [0.25, 0.3) is 0 Å². The highest BCUT2D eigenvalue weighted by molar-refractivity contribution is 5.93. The van der Waals surface area contributed by atoms with Gasteiger partial charge in [-0.3, -0.25) is 9.59 Å². The van der Waals surface area contributed by atoms with Gasteiger partial charge in [-0.15, -0.1) is 0 Å². The Hall–Kier alpha value is -2.04. The first-order chi connectivity index (χ1) is 10.1. The van der Waals surface area contributed by atoms with Gasteiger partial charge in [0.1, 0.15) is 6.42 Å². The summed E-state index contributed by atoms with van der Waals surface area (Å²) >= 11 is 0. The molecule has 1 N–H and O–H groups in total. The van der Waals surface area contributed by atoms with Crippen molar-refractivity contribution in [3.63, 3.8) is 0 Å². The lowest BCUT2D eigenvalue weighted by Gasteiger charge is -2.29. The molecule has 1 aromatic rings. The number of hydrogen-bond acceptors (Lipinski definition) is 3. The highest BCUT2D eigenvalue weighted by Crippen LogP contribution is 2.20. The minimum Gasteiger partial charge on any atom is -0.481 e. The van der Waals surface area contributed by atoms with E-state index in [0.29, 0.717) is 6.54 Å². The molecular weight excluding hydrogens is 268 g/mol. The third-order valence-electron chi connectivity index (χ3n) is 3.81. The van der Waals surface area contributed by atoms with Crippen molar-refractivity contribution in [2.24, 2.45) is 0 Å². The number of carboxylic acids is 1. The predicted octanol–water partition coefficient (Wildman–Crippen LogP) is 2.11. The number of hydrogen-bond donors (Lipinski definition) is 1. The molecule has 114 valence electrons. The fourth-order valence-electron chi connectivity index (χ4n) is 2.59. The van der Waals surface area contributed by atoms with Crippen LogP contribution in [0, 0.1) is 0 Å². The highest BCUT2D eigenvalue weighted by atomic mass is 16.4. The molecule has 1 amide bonds. The molecule has 0 aromatic heterocycles. The second-order valence-corrected chi connectivity index (χ2v) is 5.53. The summed E-state index contributed by atoms with van der Waals surface area (Å²) in [6.45, 7) is 2.65. The Balaban J connectivity index is 1.92. The van der Waals surface area contributed by atoms with Gasteiger partial charge in [-0.1, -0.05) is 12.1 Å². The van der Waals surface area contributed by atoms with Gasteiger partial charge >= 0.3 is 5.97 Å². The van der Waals surface area contributed by atoms with Crippen molar-refractivity contribution >= 4 is 17.6 Å². The van der Waals surface area contributed by atoms with E-state index >= 15 is 0 Å². The van der Waals surface area contributed by atoms with Crippen LogP contribution < -0.4 is 4.90 Å². The third-order valence-corrected chi connectivity index (χ3v) is 3.81. The van der Waals surface area contributed by atoms with Crippen molar-refractivity contribution in [3.05, 3.63) is 29.8 Å². The number of anilines is 1. The number of aliphatic carboxylic acids is 1. The van der Waals surface area contributed by atoms with E-state index in [2.05, 4.69) is 17.0 Å². The van der Waals surface area contributed by atoms with E-state index in [1.807, 2.05) is 12.1 Å². The number of benzene rings is 1. The molecule has 21 heavy (non-hydrogen) atoms. The Morgan fingerprint density at radius 2 is 1.76 bits per heavy atom. The van der Waals surface area contributed by atoms with E-state index in [1.165, 1.54) is 29.8 Å². The van der Waals surface area contributed by atoms with Crippen molar-refractivity contribution in [1.82, 2.24) is 4.90 Å². The summed E-state index contributed by atoms with van der Waals surface area (Å²) < 4.78 is 0. The summed E-state index contributed by atoms with van der Waals surface area (Å²) in [5.74, 6) is -1.46. The first kappa shape index (κ1) is 15.4. The summed E-state index contributed by atoms with van der Waals surface area (Å²) in [6.07, 6.45) is 3.34. The molecule has 2 rings (SSSR count). The van der Waals surface area contributed by atoms with Crippen molar-refractivity contribution in [2.45, 2.75) is 32.2 Å². The smallest absolute Gasteiger partial charge is 0.312 e. The van der Waals surface area contributed by atoms with Crippen LogP contribution in [-0.4, -0.2) is 42.0 Å². The van der Waals surface area contributed by atoms with Crippen LogP contribution in [0.15, 0.2) is 24.3 Å². The van der Waals surface area contributed by atoms with Crippen LogP contribution in [0.2, 0.25) is 0 Å². The van der Waals surface area contributed by atoms with E-state index < -0.39 is 12.4 Å². The summed E-state index contributed by atoms with van der Waals surface area (Å²) in [5, 5.41) is 8.63. The maximum Gasteiger partial charge on any atom is 0.312 e. The lowest BCUT2D eigenvalue weighted by molar-refractivity contribution is -0.143. The molecule has 0 aliphatic carbocycles. The van der Waals surface area contributed by atoms with Gasteiger partial charge in [0, 0.05) is 32.4 Å². The average Bonchev–Trinajstić information content (AvgIpc) is 2.48. The average molecular weight is 290 g/mol. The van der Waals surface area contributed by atoms with Crippen molar-refractivity contribution in [3.8, 4) is 0 Å². The Kier molecular flexibility index (Phi) is 5.20. The van der Waals surface area contributed by atoms with E-state index in [4.69, 9.17) is 5.11 Å². The molecule has 1 saturated heterocycles. The number of amides is 1. The SMILES string of the molecule is CN(Cc1ccc(N2CCCCC2)cc1)C(=O)CC(=O)O. The van der Waals surface area contributed by atoms with Gasteiger partial charge in [0.15, 0.2) is 0 Å². The first-order valence-corrected chi connectivity index (χ1v) is 7.36. The molecule has 1 fully saturated rings. The Morgan fingerprint density at radius 1 is 1.14 bits per heavy atom. The second kappa shape index (κ2) is 7.11. The lowest BCUT2D eigenvalue weighted by Crippen LogP contribution is -2.29. The molecule has 5 nitrogen and oxygen atoms in total. The number of rotatable bonds is 5. The van der Waals surface area contributed by atoms with Crippen LogP contribution in [-0.2, 0) is 16.1 Å². The predicted molar refractivity (Wildman–Crippen MR) is 81.2 cm³/mol. The Labute approximate surface area is 125 Å². The van der Waals surface area contributed by atoms with Crippen LogP contribution in [0.1, 0.15) is 31.2 Å². The van der Waals surface area contributed by atoms with Gasteiger partial charge in [-0.25, -0.2) is 0 Å². The molecule has 5 heteroatoms. The molecule has 0 atom stereocenters. The largest absolute Gasteiger partial charge is 0.481 e. The standard InChI is InChI=1S/C16H22N2O3/c1-17(15(19)11-16(20)21)12-13-5-7-14(8-6-13)18-9-3-2-4-10-18/h5-8H,2-4,9-12H2,1H3,(H,20,21).